The van der Waals surface area contributed by atoms with Crippen LogP contribution < -0.4 is 10.6 Å². The summed E-state index contributed by atoms with van der Waals surface area (Å²) in [6.07, 6.45) is 4.09. The third kappa shape index (κ3) is 5.31. The second kappa shape index (κ2) is 10.0. The van der Waals surface area contributed by atoms with Gasteiger partial charge >= 0.3 is 0 Å². The Labute approximate surface area is 174 Å². The maximum Gasteiger partial charge on any atom is 0.167 e. The zero-order valence-electron chi connectivity index (χ0n) is 16.7. The van der Waals surface area contributed by atoms with E-state index in [0.717, 1.165) is 17.5 Å². The maximum atomic E-state index is 11.1. The lowest BCUT2D eigenvalue weighted by molar-refractivity contribution is 0.137. The van der Waals surface area contributed by atoms with Crippen LogP contribution in [0, 0.1) is 0 Å². The van der Waals surface area contributed by atoms with E-state index in [-0.39, 0.29) is 6.04 Å². The monoisotopic (exact) mass is 397 g/mol. The molecule has 0 aromatic heterocycles. The molecule has 0 spiro atoms. The normalized spacial score (nSPS) is 21.7. The quantitative estimate of drug-likeness (QED) is 0.647. The average molecular weight is 398 g/mol. The first-order chi connectivity index (χ1) is 13.6. The lowest BCUT2D eigenvalue weighted by Gasteiger charge is -2.38. The van der Waals surface area contributed by atoms with Crippen molar-refractivity contribution in [2.45, 2.75) is 49.9 Å². The fraction of sp³-hybridized carbons (Fsp3) is 0.435. The van der Waals surface area contributed by atoms with E-state index >= 15 is 0 Å². The molecule has 2 aromatic carbocycles. The molecule has 1 saturated carbocycles. The molecule has 4 nitrogen and oxygen atoms in total. The molecule has 0 radical (unpaired) electrons. The Morgan fingerprint density at radius 1 is 0.964 bits per heavy atom. The van der Waals surface area contributed by atoms with Crippen LogP contribution in [0.25, 0.3) is 0 Å². The van der Waals surface area contributed by atoms with E-state index in [1.54, 1.807) is 0 Å². The number of aliphatic hydroxyl groups excluding tert-OH is 1. The number of rotatable bonds is 6. The predicted molar refractivity (Wildman–Crippen MR) is 119 cm³/mol. The summed E-state index contributed by atoms with van der Waals surface area (Å²) in [4.78, 5) is 2.28. The largest absolute Gasteiger partial charge is 0.386 e. The van der Waals surface area contributed by atoms with E-state index in [1.807, 2.05) is 60.7 Å². The van der Waals surface area contributed by atoms with Crippen molar-refractivity contribution in [3.8, 4) is 0 Å². The van der Waals surface area contributed by atoms with Gasteiger partial charge in [0.25, 0.3) is 0 Å². The van der Waals surface area contributed by atoms with E-state index in [2.05, 4.69) is 29.6 Å². The summed E-state index contributed by atoms with van der Waals surface area (Å²) in [5, 5.41) is 18.6. The first-order valence-electron chi connectivity index (χ1n) is 10.1. The van der Waals surface area contributed by atoms with Gasteiger partial charge in [-0.15, -0.1) is 0 Å². The van der Waals surface area contributed by atoms with Crippen LogP contribution in [0.2, 0.25) is 0 Å². The van der Waals surface area contributed by atoms with Crippen molar-refractivity contribution in [2.24, 2.45) is 0 Å². The van der Waals surface area contributed by atoms with Gasteiger partial charge in [0, 0.05) is 12.1 Å². The second-order valence-electron chi connectivity index (χ2n) is 7.78. The molecule has 2 aromatic rings. The number of hydrogen-bond acceptors (Lipinski definition) is 3. The number of nitrogens with one attached hydrogen (secondary N) is 2. The SMILES string of the molecule is CN(C)[C@@H]1CCCC[C@H]1NC(=S)N[C@@H](c1ccccc1)[C@H](O)c1ccccc1. The first-order valence-corrected chi connectivity index (χ1v) is 10.5. The summed E-state index contributed by atoms with van der Waals surface area (Å²) in [6, 6.07) is 20.2. The van der Waals surface area contributed by atoms with Gasteiger partial charge in [-0.3, -0.25) is 0 Å². The number of benzene rings is 2. The van der Waals surface area contributed by atoms with Crippen molar-refractivity contribution in [1.82, 2.24) is 15.5 Å². The Balaban J connectivity index is 1.75. The highest BCUT2D eigenvalue weighted by Gasteiger charge is 2.29. The molecule has 0 unspecified atom stereocenters. The number of thiocarbonyl (C=S) groups is 1. The van der Waals surface area contributed by atoms with Gasteiger partial charge < -0.3 is 20.6 Å². The molecule has 3 rings (SSSR count). The zero-order chi connectivity index (χ0) is 19.9. The second-order valence-corrected chi connectivity index (χ2v) is 8.19. The topological polar surface area (TPSA) is 47.5 Å². The van der Waals surface area contributed by atoms with Crippen LogP contribution in [0.5, 0.6) is 0 Å². The van der Waals surface area contributed by atoms with Gasteiger partial charge in [-0.05, 0) is 50.3 Å². The van der Waals surface area contributed by atoms with Crippen molar-refractivity contribution >= 4 is 17.3 Å². The Morgan fingerprint density at radius 2 is 1.54 bits per heavy atom. The molecule has 5 heteroatoms. The van der Waals surface area contributed by atoms with E-state index in [0.29, 0.717) is 17.2 Å². The zero-order valence-corrected chi connectivity index (χ0v) is 17.5. The predicted octanol–water partition coefficient (Wildman–Crippen LogP) is 3.80. The smallest absolute Gasteiger partial charge is 0.167 e. The Bertz CT molecular complexity index is 738. The van der Waals surface area contributed by atoms with Gasteiger partial charge in [-0.25, -0.2) is 0 Å². The maximum absolute atomic E-state index is 11.1. The van der Waals surface area contributed by atoms with E-state index in [4.69, 9.17) is 12.2 Å². The van der Waals surface area contributed by atoms with Gasteiger partial charge in [0.1, 0.15) is 6.10 Å². The van der Waals surface area contributed by atoms with Gasteiger partial charge in [-0.2, -0.15) is 0 Å². The van der Waals surface area contributed by atoms with Crippen molar-refractivity contribution in [2.75, 3.05) is 14.1 Å². The number of hydrogen-bond donors (Lipinski definition) is 3. The fourth-order valence-electron chi connectivity index (χ4n) is 4.10. The molecule has 0 bridgehead atoms. The third-order valence-electron chi connectivity index (χ3n) is 5.61. The average Bonchev–Trinajstić information content (AvgIpc) is 2.73. The van der Waals surface area contributed by atoms with Crippen LogP contribution in [0.3, 0.4) is 0 Å². The van der Waals surface area contributed by atoms with Crippen molar-refractivity contribution in [1.29, 1.82) is 0 Å². The highest BCUT2D eigenvalue weighted by molar-refractivity contribution is 7.80. The minimum Gasteiger partial charge on any atom is -0.386 e. The highest BCUT2D eigenvalue weighted by Crippen LogP contribution is 2.29. The minimum atomic E-state index is -0.695. The van der Waals surface area contributed by atoms with E-state index in [9.17, 15) is 5.11 Å². The summed E-state index contributed by atoms with van der Waals surface area (Å²) >= 11 is 5.67. The van der Waals surface area contributed by atoms with Crippen LogP contribution in [0.4, 0.5) is 0 Å². The summed E-state index contributed by atoms with van der Waals surface area (Å²) in [5.41, 5.74) is 1.88. The molecule has 0 heterocycles. The van der Waals surface area contributed by atoms with Gasteiger partial charge in [0.15, 0.2) is 5.11 Å². The fourth-order valence-corrected chi connectivity index (χ4v) is 4.37. The molecule has 0 aliphatic heterocycles. The molecule has 1 fully saturated rings. The van der Waals surface area contributed by atoms with Crippen molar-refractivity contribution < 1.29 is 5.11 Å². The lowest BCUT2D eigenvalue weighted by atomic mass is 9.89. The highest BCUT2D eigenvalue weighted by atomic mass is 32.1. The lowest BCUT2D eigenvalue weighted by Crippen LogP contribution is -2.54. The molecule has 0 saturated heterocycles. The molecule has 150 valence electrons. The van der Waals surface area contributed by atoms with Gasteiger partial charge in [-0.1, -0.05) is 73.5 Å². The van der Waals surface area contributed by atoms with Crippen molar-refractivity contribution in [3.05, 3.63) is 71.8 Å². The number of nitrogens with zero attached hydrogens (tertiary/aromatic N) is 1. The molecule has 1 aliphatic rings. The molecular weight excluding hydrogens is 366 g/mol. The summed E-state index contributed by atoms with van der Waals surface area (Å²) < 4.78 is 0. The molecule has 1 aliphatic carbocycles. The Kier molecular flexibility index (Phi) is 7.43. The van der Waals surface area contributed by atoms with E-state index < -0.39 is 6.10 Å². The Hall–Kier alpha value is -1.95. The van der Waals surface area contributed by atoms with Crippen LogP contribution in [0.1, 0.15) is 49.0 Å². The molecule has 28 heavy (non-hydrogen) atoms. The van der Waals surface area contributed by atoms with Crippen LogP contribution in [-0.4, -0.2) is 41.3 Å². The summed E-state index contributed by atoms with van der Waals surface area (Å²) in [6.45, 7) is 0. The first kappa shape index (κ1) is 20.8. The summed E-state index contributed by atoms with van der Waals surface area (Å²) in [7, 11) is 4.26. The van der Waals surface area contributed by atoms with Gasteiger partial charge in [0.05, 0.1) is 6.04 Å². The van der Waals surface area contributed by atoms with Crippen LogP contribution >= 0.6 is 12.2 Å². The molecule has 4 atom stereocenters. The van der Waals surface area contributed by atoms with Crippen LogP contribution in [-0.2, 0) is 0 Å². The third-order valence-corrected chi connectivity index (χ3v) is 5.85. The minimum absolute atomic E-state index is 0.315. The molecular formula is C23H31N3OS. The summed E-state index contributed by atoms with van der Waals surface area (Å²) in [5.74, 6) is 0. The number of likely N-dealkylation sites (N-methyl/N-ethyl adjacent to an activating group) is 1. The number of aliphatic hydroxyl groups is 1. The standard InChI is InChI=1S/C23H31N3OS/c1-26(2)20-16-10-9-15-19(20)24-23(28)25-21(17-11-5-3-6-12-17)22(27)18-13-7-4-8-14-18/h3-8,11-14,19-22,27H,9-10,15-16H2,1-2H3,(H2,24,25,28)/t19-,20-,21+,22-/m1/s1. The van der Waals surface area contributed by atoms with Gasteiger partial charge in [0.2, 0.25) is 0 Å². The van der Waals surface area contributed by atoms with Crippen LogP contribution in [0.15, 0.2) is 60.7 Å². The molecule has 3 N–H and O–H groups in total. The Morgan fingerprint density at radius 3 is 2.14 bits per heavy atom. The molecule has 0 amide bonds. The van der Waals surface area contributed by atoms with Crippen molar-refractivity contribution in [3.63, 3.8) is 0 Å². The van der Waals surface area contributed by atoms with E-state index in [1.165, 1.54) is 19.3 Å².